The third-order valence-electron chi connectivity index (χ3n) is 4.18. The number of nitrogens with zero attached hydrogens (tertiary/aromatic N) is 1. The van der Waals surface area contributed by atoms with Crippen LogP contribution in [0.2, 0.25) is 0 Å². The maximum absolute atomic E-state index is 12.0. The predicted octanol–water partition coefficient (Wildman–Crippen LogP) is 3.78. The van der Waals surface area contributed by atoms with Gasteiger partial charge in [0.25, 0.3) is 5.91 Å². The van der Waals surface area contributed by atoms with Crippen LogP contribution in [0.5, 0.6) is 0 Å². The molecule has 2 N–H and O–H groups in total. The van der Waals surface area contributed by atoms with E-state index in [1.165, 1.54) is 26.2 Å². The molecule has 0 spiro atoms. The second-order valence-electron chi connectivity index (χ2n) is 6.16. The van der Waals surface area contributed by atoms with Crippen LogP contribution in [0.15, 0.2) is 41.3 Å². The van der Waals surface area contributed by atoms with Gasteiger partial charge in [0.2, 0.25) is 0 Å². The molecule has 0 bridgehead atoms. The van der Waals surface area contributed by atoms with E-state index < -0.39 is 11.9 Å². The van der Waals surface area contributed by atoms with Crippen molar-refractivity contribution < 1.29 is 14.7 Å². The highest BCUT2D eigenvalue weighted by Gasteiger charge is 2.21. The second kappa shape index (κ2) is 7.98. The Labute approximate surface area is 155 Å². The Bertz CT molecular complexity index is 930. The molecule has 1 aromatic heterocycles. The van der Waals surface area contributed by atoms with Crippen molar-refractivity contribution in [1.29, 1.82) is 0 Å². The Morgan fingerprint density at radius 1 is 1.35 bits per heavy atom. The summed E-state index contributed by atoms with van der Waals surface area (Å²) in [6, 6.07) is 7.12. The molecular weight excluding hydrogens is 348 g/mol. The molecular formula is C20H18N2O3S. The SMILES string of the molecule is C/C(=C/C(=O)O)C(=O)Nc1cccc(C#Cc2nc(C3CCC3)cs2)c1. The summed E-state index contributed by atoms with van der Waals surface area (Å²) in [5.41, 5.74) is 2.59. The van der Waals surface area contributed by atoms with Crippen LogP contribution in [0.3, 0.4) is 0 Å². The first-order valence-corrected chi connectivity index (χ1v) is 9.19. The van der Waals surface area contributed by atoms with Gasteiger partial charge in [-0.05, 0) is 43.9 Å². The Morgan fingerprint density at radius 3 is 2.85 bits per heavy atom. The molecule has 1 aromatic carbocycles. The fourth-order valence-electron chi connectivity index (χ4n) is 2.52. The number of carbonyl (C=O) groups excluding carboxylic acids is 1. The predicted molar refractivity (Wildman–Crippen MR) is 101 cm³/mol. The topological polar surface area (TPSA) is 79.3 Å². The second-order valence-corrected chi connectivity index (χ2v) is 7.01. The Balaban J connectivity index is 1.69. The van der Waals surface area contributed by atoms with Gasteiger partial charge >= 0.3 is 5.97 Å². The molecule has 0 radical (unpaired) electrons. The van der Waals surface area contributed by atoms with Gasteiger partial charge in [-0.3, -0.25) is 4.79 Å². The molecule has 5 nitrogen and oxygen atoms in total. The normalized spacial score (nSPS) is 14.1. The number of carboxylic acid groups (broad SMARTS) is 1. The Hall–Kier alpha value is -2.91. The fourth-order valence-corrected chi connectivity index (χ4v) is 3.26. The first-order valence-electron chi connectivity index (χ1n) is 8.31. The van der Waals surface area contributed by atoms with Crippen molar-refractivity contribution in [3.8, 4) is 11.8 Å². The summed E-state index contributed by atoms with van der Waals surface area (Å²) in [4.78, 5) is 27.2. The molecule has 1 aliphatic carbocycles. The molecule has 1 amide bonds. The van der Waals surface area contributed by atoms with E-state index in [-0.39, 0.29) is 5.57 Å². The van der Waals surface area contributed by atoms with Crippen LogP contribution in [0, 0.1) is 11.8 Å². The highest BCUT2D eigenvalue weighted by atomic mass is 32.1. The van der Waals surface area contributed by atoms with E-state index in [0.717, 1.165) is 22.3 Å². The van der Waals surface area contributed by atoms with Crippen LogP contribution < -0.4 is 5.32 Å². The number of hydrogen-bond acceptors (Lipinski definition) is 4. The molecule has 3 rings (SSSR count). The molecule has 0 saturated heterocycles. The highest BCUT2D eigenvalue weighted by molar-refractivity contribution is 7.10. The summed E-state index contributed by atoms with van der Waals surface area (Å²) in [6.07, 6.45) is 4.59. The number of rotatable bonds is 4. The number of aromatic nitrogens is 1. The van der Waals surface area contributed by atoms with Gasteiger partial charge in [-0.1, -0.05) is 18.4 Å². The lowest BCUT2D eigenvalue weighted by atomic mass is 9.83. The molecule has 0 unspecified atom stereocenters. The van der Waals surface area contributed by atoms with Crippen LogP contribution in [-0.2, 0) is 9.59 Å². The molecule has 0 aliphatic heterocycles. The highest BCUT2D eigenvalue weighted by Crippen LogP contribution is 2.36. The van der Waals surface area contributed by atoms with Crippen molar-refractivity contribution in [3.63, 3.8) is 0 Å². The van der Waals surface area contributed by atoms with Crippen molar-refractivity contribution in [2.45, 2.75) is 32.1 Å². The zero-order valence-corrected chi connectivity index (χ0v) is 15.1. The van der Waals surface area contributed by atoms with Crippen LogP contribution >= 0.6 is 11.3 Å². The van der Waals surface area contributed by atoms with E-state index in [1.807, 2.05) is 6.07 Å². The number of benzene rings is 1. The lowest BCUT2D eigenvalue weighted by Gasteiger charge is -2.22. The number of amides is 1. The van der Waals surface area contributed by atoms with Gasteiger partial charge in [0.1, 0.15) is 0 Å². The summed E-state index contributed by atoms with van der Waals surface area (Å²) in [6.45, 7) is 1.45. The van der Waals surface area contributed by atoms with E-state index >= 15 is 0 Å². The minimum atomic E-state index is -1.15. The summed E-state index contributed by atoms with van der Waals surface area (Å²) >= 11 is 1.55. The van der Waals surface area contributed by atoms with Gasteiger partial charge < -0.3 is 10.4 Å². The average Bonchev–Trinajstić information content (AvgIpc) is 2.99. The molecule has 2 aromatic rings. The summed E-state index contributed by atoms with van der Waals surface area (Å²) in [5, 5.41) is 14.2. The van der Waals surface area contributed by atoms with Gasteiger partial charge in [0.15, 0.2) is 5.01 Å². The molecule has 26 heavy (non-hydrogen) atoms. The molecule has 1 saturated carbocycles. The minimum absolute atomic E-state index is 0.125. The molecule has 1 aliphatic rings. The molecule has 1 fully saturated rings. The Morgan fingerprint density at radius 2 is 2.15 bits per heavy atom. The number of nitrogens with one attached hydrogen (secondary N) is 1. The number of carbonyl (C=O) groups is 2. The van der Waals surface area contributed by atoms with Crippen molar-refractivity contribution >= 4 is 28.9 Å². The van der Waals surface area contributed by atoms with Gasteiger partial charge in [-0.2, -0.15) is 0 Å². The van der Waals surface area contributed by atoms with E-state index in [2.05, 4.69) is 27.5 Å². The van der Waals surface area contributed by atoms with Gasteiger partial charge in [0.05, 0.1) is 5.69 Å². The number of carboxylic acids is 1. The van der Waals surface area contributed by atoms with E-state index in [0.29, 0.717) is 11.6 Å². The van der Waals surface area contributed by atoms with Gasteiger partial charge in [-0.15, -0.1) is 11.3 Å². The first-order chi connectivity index (χ1) is 12.5. The molecule has 132 valence electrons. The number of aliphatic carboxylic acids is 1. The van der Waals surface area contributed by atoms with Crippen LogP contribution in [0.4, 0.5) is 5.69 Å². The minimum Gasteiger partial charge on any atom is -0.478 e. The number of thiazole rings is 1. The first kappa shape index (κ1) is 17.9. The smallest absolute Gasteiger partial charge is 0.328 e. The van der Waals surface area contributed by atoms with E-state index in [1.54, 1.807) is 29.5 Å². The summed E-state index contributed by atoms with van der Waals surface area (Å²) < 4.78 is 0. The number of anilines is 1. The quantitative estimate of drug-likeness (QED) is 0.637. The maximum atomic E-state index is 12.0. The van der Waals surface area contributed by atoms with Crippen molar-refractivity contribution in [2.24, 2.45) is 0 Å². The summed E-state index contributed by atoms with van der Waals surface area (Å²) in [7, 11) is 0. The maximum Gasteiger partial charge on any atom is 0.328 e. The van der Waals surface area contributed by atoms with Crippen LogP contribution in [0.1, 0.15) is 48.4 Å². The van der Waals surface area contributed by atoms with Crippen molar-refractivity contribution in [1.82, 2.24) is 4.98 Å². The fraction of sp³-hybridized carbons (Fsp3) is 0.250. The number of hydrogen-bond donors (Lipinski definition) is 2. The average molecular weight is 366 g/mol. The lowest BCUT2D eigenvalue weighted by molar-refractivity contribution is -0.131. The third-order valence-corrected chi connectivity index (χ3v) is 4.95. The largest absolute Gasteiger partial charge is 0.478 e. The van der Waals surface area contributed by atoms with Crippen molar-refractivity contribution in [3.05, 3.63) is 57.6 Å². The molecule has 0 atom stereocenters. The van der Waals surface area contributed by atoms with Crippen LogP contribution in [0.25, 0.3) is 0 Å². The van der Waals surface area contributed by atoms with Crippen LogP contribution in [-0.4, -0.2) is 22.0 Å². The van der Waals surface area contributed by atoms with Gasteiger partial charge in [-0.25, -0.2) is 9.78 Å². The van der Waals surface area contributed by atoms with Crippen molar-refractivity contribution in [2.75, 3.05) is 5.32 Å². The van der Waals surface area contributed by atoms with E-state index in [9.17, 15) is 9.59 Å². The monoisotopic (exact) mass is 366 g/mol. The third kappa shape index (κ3) is 4.58. The standard InChI is InChI=1S/C20H18N2O3S/c1-13(10-19(23)24)20(25)21-16-7-2-4-14(11-16)8-9-18-22-17(12-26-18)15-5-3-6-15/h2,4,7,10-12,15H,3,5-6H2,1H3,(H,21,25)(H,23,24)/b13-10-. The molecule has 6 heteroatoms. The zero-order chi connectivity index (χ0) is 18.5. The Kier molecular flexibility index (Phi) is 5.49. The van der Waals surface area contributed by atoms with E-state index in [4.69, 9.17) is 5.11 Å². The molecule has 1 heterocycles. The summed E-state index contributed by atoms with van der Waals surface area (Å²) in [5.74, 6) is 5.12. The van der Waals surface area contributed by atoms with Gasteiger partial charge in [0, 0.05) is 34.2 Å². The zero-order valence-electron chi connectivity index (χ0n) is 14.3. The lowest BCUT2D eigenvalue weighted by Crippen LogP contribution is -2.13.